The maximum Gasteiger partial charge on any atom is 0.237 e. The van der Waals surface area contributed by atoms with Gasteiger partial charge in [0.15, 0.2) is 0 Å². The second-order valence-corrected chi connectivity index (χ2v) is 8.11. The zero-order valence-electron chi connectivity index (χ0n) is 16.5. The number of hydrogen-bond donors (Lipinski definition) is 2. The van der Waals surface area contributed by atoms with E-state index >= 15 is 0 Å². The van der Waals surface area contributed by atoms with E-state index in [1.165, 1.54) is 11.8 Å². The van der Waals surface area contributed by atoms with Crippen molar-refractivity contribution in [1.29, 1.82) is 0 Å². The summed E-state index contributed by atoms with van der Waals surface area (Å²) in [4.78, 5) is 25.4. The number of para-hydroxylation sites is 1. The lowest BCUT2D eigenvalue weighted by molar-refractivity contribution is -0.116. The van der Waals surface area contributed by atoms with E-state index in [1.54, 1.807) is 0 Å². The van der Waals surface area contributed by atoms with Crippen LogP contribution in [0.3, 0.4) is 0 Å². The van der Waals surface area contributed by atoms with Gasteiger partial charge in [-0.05, 0) is 56.5 Å². The zero-order valence-corrected chi connectivity index (χ0v) is 17.3. The molecule has 1 atom stereocenters. The summed E-state index contributed by atoms with van der Waals surface area (Å²) in [6.07, 6.45) is 2.41. The van der Waals surface area contributed by atoms with Crippen LogP contribution < -0.4 is 10.6 Å². The summed E-state index contributed by atoms with van der Waals surface area (Å²) in [5, 5.41) is 5.71. The molecule has 5 heteroatoms. The highest BCUT2D eigenvalue weighted by Crippen LogP contribution is 2.28. The van der Waals surface area contributed by atoms with Crippen LogP contribution >= 0.6 is 11.8 Å². The Hall–Kier alpha value is -2.27. The first-order valence-electron chi connectivity index (χ1n) is 9.34. The predicted octanol–water partition coefficient (Wildman–Crippen LogP) is 5.55. The van der Waals surface area contributed by atoms with Gasteiger partial charge in [0.2, 0.25) is 11.8 Å². The molecule has 0 aliphatic rings. The first kappa shape index (κ1) is 21.0. The van der Waals surface area contributed by atoms with Crippen molar-refractivity contribution in [2.45, 2.75) is 57.1 Å². The molecule has 0 aromatic heterocycles. The highest BCUT2D eigenvalue weighted by atomic mass is 32.2. The molecule has 144 valence electrons. The quantitative estimate of drug-likeness (QED) is 0.587. The second kappa shape index (κ2) is 10.2. The van der Waals surface area contributed by atoms with E-state index in [2.05, 4.69) is 17.6 Å². The van der Waals surface area contributed by atoms with Gasteiger partial charge in [0.1, 0.15) is 0 Å². The van der Waals surface area contributed by atoms with Gasteiger partial charge < -0.3 is 10.6 Å². The molecule has 1 unspecified atom stereocenters. The number of anilines is 2. The van der Waals surface area contributed by atoms with Crippen molar-refractivity contribution in [3.63, 3.8) is 0 Å². The minimum absolute atomic E-state index is 0.0276. The molecular formula is C22H28N2O2S. The van der Waals surface area contributed by atoms with Crippen molar-refractivity contribution in [3.8, 4) is 0 Å². The molecule has 0 fully saturated rings. The number of carbonyl (C=O) groups excluding carboxylic acids is 2. The van der Waals surface area contributed by atoms with Crippen molar-refractivity contribution < 1.29 is 9.59 Å². The monoisotopic (exact) mass is 384 g/mol. The van der Waals surface area contributed by atoms with Gasteiger partial charge >= 0.3 is 0 Å². The number of hydrogen-bond acceptors (Lipinski definition) is 3. The van der Waals surface area contributed by atoms with Gasteiger partial charge in [-0.1, -0.05) is 37.6 Å². The van der Waals surface area contributed by atoms with Gasteiger partial charge in [-0.2, -0.15) is 0 Å². The molecule has 4 nitrogen and oxygen atoms in total. The fourth-order valence-electron chi connectivity index (χ4n) is 2.70. The topological polar surface area (TPSA) is 58.2 Å². The van der Waals surface area contributed by atoms with Gasteiger partial charge in [0.25, 0.3) is 0 Å². The summed E-state index contributed by atoms with van der Waals surface area (Å²) < 4.78 is 0. The second-order valence-electron chi connectivity index (χ2n) is 6.70. The molecule has 0 saturated heterocycles. The van der Waals surface area contributed by atoms with Crippen LogP contribution in [0.5, 0.6) is 0 Å². The van der Waals surface area contributed by atoms with Crippen molar-refractivity contribution in [2.75, 3.05) is 10.6 Å². The predicted molar refractivity (Wildman–Crippen MR) is 114 cm³/mol. The molecule has 0 saturated carbocycles. The molecule has 2 aromatic carbocycles. The molecule has 0 aliphatic carbocycles. The van der Waals surface area contributed by atoms with Crippen LogP contribution in [0.2, 0.25) is 0 Å². The third-order valence-corrected chi connectivity index (χ3v) is 5.38. The maximum absolute atomic E-state index is 12.6. The molecule has 2 N–H and O–H groups in total. The lowest BCUT2D eigenvalue weighted by atomic mass is 10.1. The number of thioether (sulfide) groups is 1. The Bertz CT molecular complexity index is 784. The van der Waals surface area contributed by atoms with Crippen molar-refractivity contribution >= 4 is 35.0 Å². The SMILES string of the molecule is CCCCC(=O)Nc1cccc(SC(C)C(=O)Nc2c(C)cccc2C)c1. The Morgan fingerprint density at radius 3 is 2.37 bits per heavy atom. The Kier molecular flexibility index (Phi) is 7.92. The number of nitrogens with one attached hydrogen (secondary N) is 2. The normalized spacial score (nSPS) is 11.7. The molecule has 0 bridgehead atoms. The van der Waals surface area contributed by atoms with Crippen LogP contribution in [-0.2, 0) is 9.59 Å². The number of carbonyl (C=O) groups is 2. The van der Waals surface area contributed by atoms with Crippen molar-refractivity contribution in [1.82, 2.24) is 0 Å². The highest BCUT2D eigenvalue weighted by molar-refractivity contribution is 8.00. The van der Waals surface area contributed by atoms with E-state index in [1.807, 2.05) is 63.2 Å². The minimum atomic E-state index is -0.255. The number of rotatable bonds is 8. The maximum atomic E-state index is 12.6. The Morgan fingerprint density at radius 1 is 1.04 bits per heavy atom. The van der Waals surface area contributed by atoms with E-state index in [0.717, 1.165) is 40.2 Å². The molecule has 0 radical (unpaired) electrons. The summed E-state index contributed by atoms with van der Waals surface area (Å²) in [6.45, 7) is 7.94. The van der Waals surface area contributed by atoms with Gasteiger partial charge in [0, 0.05) is 22.7 Å². The standard InChI is InChI=1S/C22H28N2O2S/c1-5-6-13-20(25)23-18-11-8-12-19(14-18)27-17(4)22(26)24-21-15(2)9-7-10-16(21)3/h7-12,14,17H,5-6,13H2,1-4H3,(H,23,25)(H,24,26). The first-order chi connectivity index (χ1) is 12.9. The Labute approximate surface area is 166 Å². The smallest absolute Gasteiger partial charge is 0.237 e. The molecule has 2 amide bonds. The van der Waals surface area contributed by atoms with Crippen LogP contribution in [0.4, 0.5) is 11.4 Å². The van der Waals surface area contributed by atoms with Gasteiger partial charge in [-0.3, -0.25) is 9.59 Å². The summed E-state index contributed by atoms with van der Waals surface area (Å²) in [5.41, 5.74) is 3.75. The lowest BCUT2D eigenvalue weighted by Crippen LogP contribution is -2.23. The summed E-state index contributed by atoms with van der Waals surface area (Å²) in [7, 11) is 0. The Morgan fingerprint density at radius 2 is 1.70 bits per heavy atom. The van der Waals surface area contributed by atoms with Gasteiger partial charge in [-0.25, -0.2) is 0 Å². The zero-order chi connectivity index (χ0) is 19.8. The summed E-state index contributed by atoms with van der Waals surface area (Å²) >= 11 is 1.48. The van der Waals surface area contributed by atoms with Gasteiger partial charge in [0.05, 0.1) is 5.25 Å². The van der Waals surface area contributed by atoms with Crippen molar-refractivity contribution in [3.05, 3.63) is 53.6 Å². The third-order valence-electron chi connectivity index (χ3n) is 4.29. The fraction of sp³-hybridized carbons (Fsp3) is 0.364. The molecular weight excluding hydrogens is 356 g/mol. The Balaban J connectivity index is 1.98. The van der Waals surface area contributed by atoms with E-state index in [0.29, 0.717) is 6.42 Å². The van der Waals surface area contributed by atoms with E-state index in [9.17, 15) is 9.59 Å². The molecule has 2 rings (SSSR count). The van der Waals surface area contributed by atoms with Crippen LogP contribution in [0.15, 0.2) is 47.4 Å². The fourth-order valence-corrected chi connectivity index (χ4v) is 3.63. The number of amides is 2. The van der Waals surface area contributed by atoms with E-state index in [-0.39, 0.29) is 17.1 Å². The largest absolute Gasteiger partial charge is 0.326 e. The van der Waals surface area contributed by atoms with E-state index in [4.69, 9.17) is 0 Å². The molecule has 0 heterocycles. The highest BCUT2D eigenvalue weighted by Gasteiger charge is 2.16. The lowest BCUT2D eigenvalue weighted by Gasteiger charge is -2.16. The van der Waals surface area contributed by atoms with Gasteiger partial charge in [-0.15, -0.1) is 11.8 Å². The van der Waals surface area contributed by atoms with Crippen molar-refractivity contribution in [2.24, 2.45) is 0 Å². The molecule has 0 aliphatic heterocycles. The average molecular weight is 385 g/mol. The molecule has 2 aromatic rings. The van der Waals surface area contributed by atoms with Crippen LogP contribution in [0.1, 0.15) is 44.2 Å². The summed E-state index contributed by atoms with van der Waals surface area (Å²) in [6, 6.07) is 13.6. The van der Waals surface area contributed by atoms with Crippen LogP contribution in [-0.4, -0.2) is 17.1 Å². The number of unbranched alkanes of at least 4 members (excludes halogenated alkanes) is 1. The molecule has 27 heavy (non-hydrogen) atoms. The minimum Gasteiger partial charge on any atom is -0.326 e. The number of aryl methyl sites for hydroxylation is 2. The van der Waals surface area contributed by atoms with E-state index < -0.39 is 0 Å². The average Bonchev–Trinajstić information content (AvgIpc) is 2.63. The number of benzene rings is 2. The van der Waals surface area contributed by atoms with Crippen LogP contribution in [0.25, 0.3) is 0 Å². The summed E-state index contributed by atoms with van der Waals surface area (Å²) in [5.74, 6) is -0.00500. The third kappa shape index (κ3) is 6.43. The first-order valence-corrected chi connectivity index (χ1v) is 10.2. The van der Waals surface area contributed by atoms with Crippen LogP contribution in [0, 0.1) is 13.8 Å². The molecule has 0 spiro atoms.